The number of para-hydroxylation sites is 2. The normalized spacial score (nSPS) is 11.5. The van der Waals surface area contributed by atoms with E-state index in [4.69, 9.17) is 19.9 Å². The summed E-state index contributed by atoms with van der Waals surface area (Å²) >= 11 is 1.82. The number of rotatable bonds is 8. The molecule has 0 radical (unpaired) electrons. The zero-order valence-corrected chi connectivity index (χ0v) is 37.5. The molecule has 0 atom stereocenters. The molecule has 0 bridgehead atoms. The second-order valence-corrected chi connectivity index (χ2v) is 18.1. The number of benzene rings is 9. The summed E-state index contributed by atoms with van der Waals surface area (Å²) in [6.45, 7) is 0. The molecule has 0 aliphatic carbocycles. The van der Waals surface area contributed by atoms with Crippen LogP contribution in [0.1, 0.15) is 0 Å². The Hall–Kier alpha value is -8.84. The summed E-state index contributed by atoms with van der Waals surface area (Å²) in [5.41, 5.74) is 14.5. The molecule has 0 saturated heterocycles. The summed E-state index contributed by atoms with van der Waals surface area (Å²) in [5, 5.41) is 5.00. The van der Waals surface area contributed by atoms with Gasteiger partial charge in [-0.05, 0) is 88.5 Å². The molecule has 318 valence electrons. The van der Waals surface area contributed by atoms with Crippen molar-refractivity contribution >= 4 is 53.3 Å². The summed E-state index contributed by atoms with van der Waals surface area (Å²) in [6.07, 6.45) is 2.01. The first-order valence-electron chi connectivity index (χ1n) is 22.8. The fraction of sp³-hybridized carbons (Fsp3) is 0. The predicted octanol–water partition coefficient (Wildman–Crippen LogP) is 16.4. The van der Waals surface area contributed by atoms with E-state index in [0.29, 0.717) is 17.5 Å². The summed E-state index contributed by atoms with van der Waals surface area (Å²) < 4.78 is 4.82. The lowest BCUT2D eigenvalue weighted by Crippen LogP contribution is -2.02. The molecule has 0 aliphatic heterocycles. The van der Waals surface area contributed by atoms with Crippen molar-refractivity contribution in [1.82, 2.24) is 24.5 Å². The average molecular weight is 886 g/mol. The Morgan fingerprint density at radius 1 is 0.324 bits per heavy atom. The minimum atomic E-state index is 0.552. The van der Waals surface area contributed by atoms with Gasteiger partial charge in [-0.25, -0.2) is 15.0 Å². The van der Waals surface area contributed by atoms with Crippen LogP contribution in [0, 0.1) is 0 Å². The Bertz CT molecular complexity index is 3880. The first-order chi connectivity index (χ1) is 33.7. The van der Waals surface area contributed by atoms with Crippen LogP contribution in [0.5, 0.6) is 0 Å². The highest BCUT2D eigenvalue weighted by atomic mass is 32.1. The van der Waals surface area contributed by atoms with Gasteiger partial charge in [0.2, 0.25) is 0 Å². The van der Waals surface area contributed by atoms with Gasteiger partial charge in [0, 0.05) is 70.6 Å². The van der Waals surface area contributed by atoms with Crippen molar-refractivity contribution in [3.63, 3.8) is 0 Å². The van der Waals surface area contributed by atoms with Crippen molar-refractivity contribution in [2.45, 2.75) is 0 Å². The summed E-state index contributed by atoms with van der Waals surface area (Å²) in [7, 11) is 0. The maximum absolute atomic E-state index is 5.40. The van der Waals surface area contributed by atoms with Crippen LogP contribution in [0.2, 0.25) is 0 Å². The molecule has 0 fully saturated rings. The second kappa shape index (κ2) is 16.5. The summed E-state index contributed by atoms with van der Waals surface area (Å²) in [5.74, 6) is 1.75. The number of hydrogen-bond acceptors (Lipinski definition) is 5. The van der Waals surface area contributed by atoms with Gasteiger partial charge in [0.25, 0.3) is 0 Å². The van der Waals surface area contributed by atoms with E-state index in [1.165, 1.54) is 42.0 Å². The Morgan fingerprint density at radius 2 is 0.853 bits per heavy atom. The molecule has 0 saturated carbocycles. The number of hydrogen-bond donors (Lipinski definition) is 0. The molecule has 5 nitrogen and oxygen atoms in total. The standard InChI is InChI=1S/C62H39N5S/c1-6-18-40(19-7-1)45-34-46(41-20-8-2-9-21-41)36-47(35-45)48-37-52(62-65-60(42-22-10-3-11-23-42)64-61(66-62)43-24-12-4-13-25-43)59(63-39-48)44-30-31-51-56(38-44)68-55-33-32-54-57(58(51)55)50-28-16-17-29-53(50)67(54)49-26-14-5-15-27-49/h1-39H. The maximum Gasteiger partial charge on any atom is 0.166 e. The minimum Gasteiger partial charge on any atom is -0.309 e. The highest BCUT2D eigenvalue weighted by Crippen LogP contribution is 2.45. The van der Waals surface area contributed by atoms with Crippen LogP contribution in [-0.2, 0) is 0 Å². The van der Waals surface area contributed by atoms with Crippen molar-refractivity contribution in [3.8, 4) is 84.5 Å². The molecule has 13 rings (SSSR count). The molecule has 0 amide bonds. The highest BCUT2D eigenvalue weighted by molar-refractivity contribution is 7.26. The third-order valence-electron chi connectivity index (χ3n) is 12.9. The molecule has 13 aromatic rings. The number of aromatic nitrogens is 5. The lowest BCUT2D eigenvalue weighted by atomic mass is 9.92. The van der Waals surface area contributed by atoms with Gasteiger partial charge in [-0.3, -0.25) is 4.98 Å². The van der Waals surface area contributed by atoms with E-state index in [9.17, 15) is 0 Å². The number of thiophene rings is 1. The fourth-order valence-corrected chi connectivity index (χ4v) is 10.8. The Labute approximate surface area is 397 Å². The topological polar surface area (TPSA) is 56.5 Å². The lowest BCUT2D eigenvalue weighted by molar-refractivity contribution is 1.07. The van der Waals surface area contributed by atoms with E-state index in [-0.39, 0.29) is 0 Å². The third kappa shape index (κ3) is 6.94. The smallest absolute Gasteiger partial charge is 0.166 e. The lowest BCUT2D eigenvalue weighted by Gasteiger charge is -2.15. The van der Waals surface area contributed by atoms with Crippen LogP contribution in [0.3, 0.4) is 0 Å². The van der Waals surface area contributed by atoms with E-state index in [2.05, 4.69) is 174 Å². The number of pyridine rings is 1. The predicted molar refractivity (Wildman–Crippen MR) is 283 cm³/mol. The average Bonchev–Trinajstić information content (AvgIpc) is 3.97. The van der Waals surface area contributed by atoms with E-state index in [1.807, 2.05) is 78.2 Å². The Balaban J connectivity index is 1.04. The Morgan fingerprint density at radius 3 is 1.47 bits per heavy atom. The van der Waals surface area contributed by atoms with Gasteiger partial charge < -0.3 is 4.57 Å². The van der Waals surface area contributed by atoms with Crippen molar-refractivity contribution < 1.29 is 0 Å². The third-order valence-corrected chi connectivity index (χ3v) is 14.0. The van der Waals surface area contributed by atoms with Crippen LogP contribution in [0.4, 0.5) is 0 Å². The molecule has 6 heteroatoms. The van der Waals surface area contributed by atoms with E-state index in [0.717, 1.165) is 67.0 Å². The van der Waals surface area contributed by atoms with Crippen LogP contribution in [0.15, 0.2) is 237 Å². The SMILES string of the molecule is c1ccc(-c2cc(-c3ccccc3)cc(-c3cnc(-c4ccc5c(c4)sc4ccc6c(c7ccccc7n6-c6ccccc6)c45)c(-c4nc(-c5ccccc5)nc(-c5ccccc5)n4)c3)c2)cc1. The molecule has 0 N–H and O–H groups in total. The van der Waals surface area contributed by atoms with Crippen molar-refractivity contribution in [3.05, 3.63) is 237 Å². The quantitative estimate of drug-likeness (QED) is 0.153. The molecular formula is C62H39N5S. The first-order valence-corrected chi connectivity index (χ1v) is 23.6. The summed E-state index contributed by atoms with van der Waals surface area (Å²) in [4.78, 5) is 21.0. The van der Waals surface area contributed by atoms with Crippen LogP contribution in [-0.4, -0.2) is 24.5 Å². The van der Waals surface area contributed by atoms with Gasteiger partial charge >= 0.3 is 0 Å². The van der Waals surface area contributed by atoms with Crippen molar-refractivity contribution in [2.24, 2.45) is 0 Å². The summed E-state index contributed by atoms with van der Waals surface area (Å²) in [6, 6.07) is 81.2. The van der Waals surface area contributed by atoms with Crippen LogP contribution >= 0.6 is 11.3 Å². The van der Waals surface area contributed by atoms with Gasteiger partial charge in [-0.2, -0.15) is 0 Å². The maximum atomic E-state index is 5.40. The van der Waals surface area contributed by atoms with Gasteiger partial charge in [0.05, 0.1) is 16.7 Å². The zero-order chi connectivity index (χ0) is 45.0. The van der Waals surface area contributed by atoms with Crippen molar-refractivity contribution in [1.29, 1.82) is 0 Å². The molecule has 4 heterocycles. The van der Waals surface area contributed by atoms with E-state index in [1.54, 1.807) is 0 Å². The number of fused-ring (bicyclic) bond motifs is 7. The van der Waals surface area contributed by atoms with E-state index >= 15 is 0 Å². The van der Waals surface area contributed by atoms with Gasteiger partial charge in [-0.15, -0.1) is 11.3 Å². The van der Waals surface area contributed by atoms with E-state index < -0.39 is 0 Å². The molecule has 4 aromatic heterocycles. The molecule has 0 aliphatic rings. The molecule has 0 unspecified atom stereocenters. The van der Waals surface area contributed by atoms with Crippen molar-refractivity contribution in [2.75, 3.05) is 0 Å². The van der Waals surface area contributed by atoms with Gasteiger partial charge in [-0.1, -0.05) is 170 Å². The molecular weight excluding hydrogens is 847 g/mol. The first kappa shape index (κ1) is 39.5. The number of nitrogens with zero attached hydrogens (tertiary/aromatic N) is 5. The monoisotopic (exact) mass is 885 g/mol. The molecule has 68 heavy (non-hydrogen) atoms. The largest absolute Gasteiger partial charge is 0.309 e. The second-order valence-electron chi connectivity index (χ2n) is 17.0. The fourth-order valence-electron chi connectivity index (χ4n) is 9.67. The zero-order valence-electron chi connectivity index (χ0n) is 36.7. The van der Waals surface area contributed by atoms with Gasteiger partial charge in [0.15, 0.2) is 17.5 Å². The van der Waals surface area contributed by atoms with Crippen LogP contribution in [0.25, 0.3) is 126 Å². The Kier molecular flexibility index (Phi) is 9.62. The minimum absolute atomic E-state index is 0.552. The van der Waals surface area contributed by atoms with Crippen LogP contribution < -0.4 is 0 Å². The highest BCUT2D eigenvalue weighted by Gasteiger charge is 2.22. The molecule has 9 aromatic carbocycles. The van der Waals surface area contributed by atoms with Gasteiger partial charge in [0.1, 0.15) is 0 Å². The molecule has 0 spiro atoms.